The van der Waals surface area contributed by atoms with Crippen molar-refractivity contribution < 1.29 is 4.39 Å². The van der Waals surface area contributed by atoms with E-state index < -0.39 is 0 Å². The standard InChI is InChI=1S/C22H22FN3O/c23-17-7-5-15(6-8-17)18-11-16-13-25(14-19(16)18)9-10-26-21-4-2-1-3-20(21)24-12-22(26)27/h1-8,12,16,18-19H,9-11,13-14H2. The van der Waals surface area contributed by atoms with Crippen LogP contribution in [-0.4, -0.2) is 34.1 Å². The molecule has 3 atom stereocenters. The second-order valence-electron chi connectivity index (χ2n) is 7.81. The number of nitrogens with zero attached hydrogens (tertiary/aromatic N) is 3. The molecule has 138 valence electrons. The molecule has 2 fully saturated rings. The van der Waals surface area contributed by atoms with Gasteiger partial charge in [-0.15, -0.1) is 0 Å². The van der Waals surface area contributed by atoms with Crippen molar-refractivity contribution in [2.24, 2.45) is 11.8 Å². The van der Waals surface area contributed by atoms with Gasteiger partial charge < -0.3 is 9.47 Å². The third-order valence-corrected chi connectivity index (χ3v) is 6.33. The highest BCUT2D eigenvalue weighted by Gasteiger charge is 2.47. The van der Waals surface area contributed by atoms with Gasteiger partial charge in [-0.1, -0.05) is 24.3 Å². The average molecular weight is 363 g/mol. The quantitative estimate of drug-likeness (QED) is 0.714. The summed E-state index contributed by atoms with van der Waals surface area (Å²) in [5, 5.41) is 0. The lowest BCUT2D eigenvalue weighted by Crippen LogP contribution is -2.33. The van der Waals surface area contributed by atoms with Crippen molar-refractivity contribution >= 4 is 11.0 Å². The van der Waals surface area contributed by atoms with Crippen molar-refractivity contribution in [2.45, 2.75) is 18.9 Å². The topological polar surface area (TPSA) is 38.1 Å². The fourth-order valence-corrected chi connectivity index (χ4v) is 4.86. The van der Waals surface area contributed by atoms with Crippen LogP contribution in [0, 0.1) is 17.7 Å². The molecule has 3 aromatic rings. The average Bonchev–Trinajstić information content (AvgIpc) is 2.99. The monoisotopic (exact) mass is 363 g/mol. The lowest BCUT2D eigenvalue weighted by molar-refractivity contribution is 0.191. The number of rotatable bonds is 4. The number of hydrogen-bond acceptors (Lipinski definition) is 3. The predicted octanol–water partition coefficient (Wildman–Crippen LogP) is 3.27. The van der Waals surface area contributed by atoms with Crippen molar-refractivity contribution in [3.63, 3.8) is 0 Å². The Bertz CT molecular complexity index is 1030. The van der Waals surface area contributed by atoms with Gasteiger partial charge in [0, 0.05) is 26.2 Å². The van der Waals surface area contributed by atoms with Crippen LogP contribution in [0.3, 0.4) is 0 Å². The van der Waals surface area contributed by atoms with Gasteiger partial charge in [-0.05, 0) is 54.0 Å². The molecule has 2 aromatic carbocycles. The number of aromatic nitrogens is 2. The molecular formula is C22H22FN3O. The van der Waals surface area contributed by atoms with E-state index in [0.29, 0.717) is 18.4 Å². The van der Waals surface area contributed by atoms with Gasteiger partial charge in [0.05, 0.1) is 17.2 Å². The molecule has 4 nitrogen and oxygen atoms in total. The first-order valence-corrected chi connectivity index (χ1v) is 9.61. The Morgan fingerprint density at radius 1 is 1.04 bits per heavy atom. The zero-order chi connectivity index (χ0) is 18.4. The van der Waals surface area contributed by atoms with Crippen molar-refractivity contribution in [3.05, 3.63) is 76.5 Å². The Labute approximate surface area is 157 Å². The summed E-state index contributed by atoms with van der Waals surface area (Å²) in [7, 11) is 0. The van der Waals surface area contributed by atoms with Gasteiger partial charge in [-0.3, -0.25) is 4.79 Å². The molecule has 1 aliphatic heterocycles. The molecule has 0 amide bonds. The minimum atomic E-state index is -0.169. The van der Waals surface area contributed by atoms with Crippen LogP contribution in [0.5, 0.6) is 0 Å². The summed E-state index contributed by atoms with van der Waals surface area (Å²) in [6.45, 7) is 3.71. The summed E-state index contributed by atoms with van der Waals surface area (Å²) in [6, 6.07) is 14.8. The first-order valence-electron chi connectivity index (χ1n) is 9.61. The van der Waals surface area contributed by atoms with E-state index in [4.69, 9.17) is 0 Å². The Balaban J connectivity index is 1.27. The van der Waals surface area contributed by atoms with Crippen LogP contribution in [0.25, 0.3) is 11.0 Å². The van der Waals surface area contributed by atoms with Crippen LogP contribution >= 0.6 is 0 Å². The Kier molecular flexibility index (Phi) is 4.05. The van der Waals surface area contributed by atoms with Crippen LogP contribution in [-0.2, 0) is 6.54 Å². The highest BCUT2D eigenvalue weighted by atomic mass is 19.1. The van der Waals surface area contributed by atoms with Gasteiger partial charge in [0.25, 0.3) is 5.56 Å². The molecule has 1 saturated heterocycles. The SMILES string of the molecule is O=c1cnc2ccccc2n1CCN1CC2CC(c3ccc(F)cc3)C2C1. The molecule has 0 radical (unpaired) electrons. The highest BCUT2D eigenvalue weighted by molar-refractivity contribution is 5.74. The Morgan fingerprint density at radius 2 is 1.85 bits per heavy atom. The lowest BCUT2D eigenvalue weighted by Gasteiger charge is -2.40. The fourth-order valence-electron chi connectivity index (χ4n) is 4.86. The van der Waals surface area contributed by atoms with E-state index in [9.17, 15) is 9.18 Å². The molecule has 27 heavy (non-hydrogen) atoms. The second kappa shape index (κ2) is 6.57. The first kappa shape index (κ1) is 16.6. The van der Waals surface area contributed by atoms with E-state index in [1.165, 1.54) is 18.2 Å². The number of para-hydroxylation sites is 2. The molecule has 5 rings (SSSR count). The minimum Gasteiger partial charge on any atom is -0.304 e. The molecule has 1 saturated carbocycles. The van der Waals surface area contributed by atoms with Gasteiger partial charge in [-0.25, -0.2) is 9.37 Å². The van der Waals surface area contributed by atoms with E-state index in [1.54, 1.807) is 12.1 Å². The molecule has 1 aliphatic carbocycles. The molecular weight excluding hydrogens is 341 g/mol. The molecule has 3 unspecified atom stereocenters. The summed E-state index contributed by atoms with van der Waals surface area (Å²) in [5.41, 5.74) is 2.97. The number of hydrogen-bond donors (Lipinski definition) is 0. The van der Waals surface area contributed by atoms with E-state index in [0.717, 1.165) is 36.6 Å². The molecule has 0 spiro atoms. The van der Waals surface area contributed by atoms with Crippen LogP contribution in [0.2, 0.25) is 0 Å². The minimum absolute atomic E-state index is 0.0416. The van der Waals surface area contributed by atoms with Gasteiger partial charge in [0.2, 0.25) is 0 Å². The summed E-state index contributed by atoms with van der Waals surface area (Å²) in [4.78, 5) is 19.0. The highest BCUT2D eigenvalue weighted by Crippen LogP contribution is 2.51. The second-order valence-corrected chi connectivity index (χ2v) is 7.81. The van der Waals surface area contributed by atoms with E-state index >= 15 is 0 Å². The summed E-state index contributed by atoms with van der Waals surface area (Å²) in [5.74, 6) is 1.76. The Morgan fingerprint density at radius 3 is 2.70 bits per heavy atom. The maximum Gasteiger partial charge on any atom is 0.269 e. The molecule has 2 aliphatic rings. The third-order valence-electron chi connectivity index (χ3n) is 6.33. The smallest absolute Gasteiger partial charge is 0.269 e. The molecule has 0 bridgehead atoms. The van der Waals surface area contributed by atoms with Crippen LogP contribution in [0.1, 0.15) is 17.9 Å². The maximum absolute atomic E-state index is 13.2. The predicted molar refractivity (Wildman–Crippen MR) is 103 cm³/mol. The number of halogens is 1. The largest absolute Gasteiger partial charge is 0.304 e. The summed E-state index contributed by atoms with van der Waals surface area (Å²) in [6.07, 6.45) is 2.60. The summed E-state index contributed by atoms with van der Waals surface area (Å²) < 4.78 is 15.0. The van der Waals surface area contributed by atoms with Crippen LogP contribution in [0.4, 0.5) is 4.39 Å². The zero-order valence-corrected chi connectivity index (χ0v) is 15.1. The van der Waals surface area contributed by atoms with Gasteiger partial charge in [0.1, 0.15) is 5.82 Å². The van der Waals surface area contributed by atoms with Crippen LogP contribution in [0.15, 0.2) is 59.5 Å². The third kappa shape index (κ3) is 2.96. The number of fused-ring (bicyclic) bond motifs is 2. The van der Waals surface area contributed by atoms with Crippen molar-refractivity contribution in [1.82, 2.24) is 14.5 Å². The van der Waals surface area contributed by atoms with E-state index in [2.05, 4.69) is 9.88 Å². The molecule has 2 heterocycles. The number of likely N-dealkylation sites (tertiary alicyclic amines) is 1. The maximum atomic E-state index is 13.2. The van der Waals surface area contributed by atoms with Crippen LogP contribution < -0.4 is 5.56 Å². The first-order chi connectivity index (χ1) is 13.2. The fraction of sp³-hybridized carbons (Fsp3) is 0.364. The molecule has 0 N–H and O–H groups in total. The van der Waals surface area contributed by atoms with Crippen molar-refractivity contribution in [1.29, 1.82) is 0 Å². The normalized spacial score (nSPS) is 24.7. The van der Waals surface area contributed by atoms with E-state index in [1.807, 2.05) is 41.0 Å². The summed E-state index contributed by atoms with van der Waals surface area (Å²) >= 11 is 0. The number of benzene rings is 2. The Hall–Kier alpha value is -2.53. The van der Waals surface area contributed by atoms with Gasteiger partial charge >= 0.3 is 0 Å². The lowest BCUT2D eigenvalue weighted by atomic mass is 9.64. The zero-order valence-electron chi connectivity index (χ0n) is 15.1. The van der Waals surface area contributed by atoms with Gasteiger partial charge in [-0.2, -0.15) is 0 Å². The molecule has 5 heteroatoms. The van der Waals surface area contributed by atoms with Crippen molar-refractivity contribution in [3.8, 4) is 0 Å². The van der Waals surface area contributed by atoms with Gasteiger partial charge in [0.15, 0.2) is 0 Å². The van der Waals surface area contributed by atoms with Crippen molar-refractivity contribution in [2.75, 3.05) is 19.6 Å². The van der Waals surface area contributed by atoms with E-state index in [-0.39, 0.29) is 11.4 Å². The molecule has 1 aromatic heterocycles.